The molecular weight excluding hydrogens is 246 g/mol. The summed E-state index contributed by atoms with van der Waals surface area (Å²) >= 11 is 0. The second kappa shape index (κ2) is 7.91. The van der Waals surface area contributed by atoms with Crippen molar-refractivity contribution in [3.63, 3.8) is 0 Å². The smallest absolute Gasteiger partial charge is 0.0748 e. The first kappa shape index (κ1) is 14.9. The molecule has 2 rings (SSSR count). The molecule has 1 saturated heterocycles. The first-order valence-electron chi connectivity index (χ1n) is 7.61. The Bertz CT molecular complexity index is 441. The number of ether oxygens (including phenoxy) is 1. The van der Waals surface area contributed by atoms with Gasteiger partial charge in [-0.2, -0.15) is 0 Å². The van der Waals surface area contributed by atoms with E-state index < -0.39 is 0 Å². The summed E-state index contributed by atoms with van der Waals surface area (Å²) in [6.07, 6.45) is 9.41. The zero-order valence-corrected chi connectivity index (χ0v) is 12.4. The zero-order chi connectivity index (χ0) is 14.2. The summed E-state index contributed by atoms with van der Waals surface area (Å²) in [5.41, 5.74) is 3.37. The Kier molecular flexibility index (Phi) is 5.87. The van der Waals surface area contributed by atoms with Crippen LogP contribution in [0.2, 0.25) is 0 Å². The van der Waals surface area contributed by atoms with E-state index in [4.69, 9.17) is 4.74 Å². The average molecular weight is 271 g/mol. The van der Waals surface area contributed by atoms with Gasteiger partial charge in [-0.05, 0) is 30.4 Å². The largest absolute Gasteiger partial charge is 0.382 e. The first-order valence-corrected chi connectivity index (χ1v) is 7.61. The van der Waals surface area contributed by atoms with Crippen molar-refractivity contribution < 1.29 is 4.74 Å². The molecule has 1 N–H and O–H groups in total. The SMILES string of the molecule is C=C(NCC1CCCO1)c1ccc(/C=C/CCC)cc1. The molecular formula is C18H25NO. The highest BCUT2D eigenvalue weighted by atomic mass is 16.5. The van der Waals surface area contributed by atoms with Crippen LogP contribution < -0.4 is 5.32 Å². The van der Waals surface area contributed by atoms with E-state index in [1.807, 2.05) is 0 Å². The summed E-state index contributed by atoms with van der Waals surface area (Å²) in [5, 5.41) is 3.38. The van der Waals surface area contributed by atoms with Gasteiger partial charge in [0.15, 0.2) is 0 Å². The van der Waals surface area contributed by atoms with E-state index in [2.05, 4.69) is 55.2 Å². The molecule has 0 saturated carbocycles. The van der Waals surface area contributed by atoms with Gasteiger partial charge in [0.1, 0.15) is 0 Å². The first-order chi connectivity index (χ1) is 9.79. The summed E-state index contributed by atoms with van der Waals surface area (Å²) in [4.78, 5) is 0. The van der Waals surface area contributed by atoms with Gasteiger partial charge in [-0.1, -0.05) is 56.3 Å². The van der Waals surface area contributed by atoms with E-state index in [-0.39, 0.29) is 0 Å². The fraction of sp³-hybridized carbons (Fsp3) is 0.444. The highest BCUT2D eigenvalue weighted by molar-refractivity contribution is 5.63. The highest BCUT2D eigenvalue weighted by Crippen LogP contribution is 2.15. The Morgan fingerprint density at radius 1 is 1.40 bits per heavy atom. The summed E-state index contributed by atoms with van der Waals surface area (Å²) in [6, 6.07) is 8.52. The summed E-state index contributed by atoms with van der Waals surface area (Å²) in [6.45, 7) is 8.06. The highest BCUT2D eigenvalue weighted by Gasteiger charge is 2.15. The molecule has 1 aromatic carbocycles. The van der Waals surface area contributed by atoms with Gasteiger partial charge in [0.25, 0.3) is 0 Å². The minimum atomic E-state index is 0.350. The second-order valence-corrected chi connectivity index (χ2v) is 5.31. The Balaban J connectivity index is 1.83. The molecule has 0 bridgehead atoms. The van der Waals surface area contributed by atoms with E-state index in [0.717, 1.165) is 37.3 Å². The van der Waals surface area contributed by atoms with Crippen molar-refractivity contribution in [2.75, 3.05) is 13.2 Å². The van der Waals surface area contributed by atoms with Crippen LogP contribution in [0.4, 0.5) is 0 Å². The summed E-state index contributed by atoms with van der Waals surface area (Å²) in [5.74, 6) is 0. The number of hydrogen-bond donors (Lipinski definition) is 1. The van der Waals surface area contributed by atoms with Crippen LogP contribution in [0.3, 0.4) is 0 Å². The summed E-state index contributed by atoms with van der Waals surface area (Å²) < 4.78 is 5.60. The lowest BCUT2D eigenvalue weighted by atomic mass is 10.1. The number of nitrogens with one attached hydrogen (secondary N) is 1. The van der Waals surface area contributed by atoms with Gasteiger partial charge in [-0.15, -0.1) is 0 Å². The molecule has 1 atom stereocenters. The van der Waals surface area contributed by atoms with Crippen molar-refractivity contribution in [1.29, 1.82) is 0 Å². The van der Waals surface area contributed by atoms with Gasteiger partial charge < -0.3 is 10.1 Å². The van der Waals surface area contributed by atoms with Crippen molar-refractivity contribution in [3.8, 4) is 0 Å². The molecule has 2 nitrogen and oxygen atoms in total. The van der Waals surface area contributed by atoms with Crippen LogP contribution in [0, 0.1) is 0 Å². The van der Waals surface area contributed by atoms with Crippen molar-refractivity contribution in [2.24, 2.45) is 0 Å². The van der Waals surface area contributed by atoms with Crippen LogP contribution in [0.15, 0.2) is 36.9 Å². The van der Waals surface area contributed by atoms with E-state index in [1.54, 1.807) is 0 Å². The number of rotatable bonds is 7. The van der Waals surface area contributed by atoms with Crippen molar-refractivity contribution in [2.45, 2.75) is 38.7 Å². The zero-order valence-electron chi connectivity index (χ0n) is 12.4. The van der Waals surface area contributed by atoms with E-state index in [1.165, 1.54) is 18.4 Å². The van der Waals surface area contributed by atoms with Gasteiger partial charge in [0, 0.05) is 18.8 Å². The molecule has 1 aliphatic heterocycles. The van der Waals surface area contributed by atoms with E-state index in [0.29, 0.717) is 6.10 Å². The third kappa shape index (κ3) is 4.53. The lowest BCUT2D eigenvalue weighted by molar-refractivity contribution is 0.113. The molecule has 1 heterocycles. The molecule has 0 aliphatic carbocycles. The van der Waals surface area contributed by atoms with Gasteiger partial charge in [0.05, 0.1) is 6.10 Å². The molecule has 0 amide bonds. The maximum Gasteiger partial charge on any atom is 0.0748 e. The minimum absolute atomic E-state index is 0.350. The van der Waals surface area contributed by atoms with Gasteiger partial charge in [0.2, 0.25) is 0 Å². The van der Waals surface area contributed by atoms with Crippen LogP contribution in [-0.4, -0.2) is 19.3 Å². The lowest BCUT2D eigenvalue weighted by Gasteiger charge is -2.14. The molecule has 108 valence electrons. The van der Waals surface area contributed by atoms with Crippen molar-refractivity contribution in [1.82, 2.24) is 5.32 Å². The Morgan fingerprint density at radius 2 is 2.20 bits per heavy atom. The molecule has 0 aromatic heterocycles. The standard InChI is InChI=1S/C18H25NO/c1-3-4-5-7-16-9-11-17(12-10-16)15(2)19-14-18-8-6-13-20-18/h5,7,9-12,18-19H,2-4,6,8,13-14H2,1H3/b7-5+. The predicted octanol–water partition coefficient (Wildman–Crippen LogP) is 4.24. The molecule has 1 aromatic rings. The van der Waals surface area contributed by atoms with Gasteiger partial charge in [-0.3, -0.25) is 0 Å². The predicted molar refractivity (Wildman–Crippen MR) is 86.4 cm³/mol. The monoisotopic (exact) mass is 271 g/mol. The molecule has 2 heteroatoms. The average Bonchev–Trinajstić information content (AvgIpc) is 2.99. The number of hydrogen-bond acceptors (Lipinski definition) is 2. The molecule has 0 radical (unpaired) electrons. The van der Waals surface area contributed by atoms with Crippen LogP contribution >= 0.6 is 0 Å². The molecule has 1 fully saturated rings. The second-order valence-electron chi connectivity index (χ2n) is 5.31. The summed E-state index contributed by atoms with van der Waals surface area (Å²) in [7, 11) is 0. The van der Waals surface area contributed by atoms with Crippen LogP contribution in [0.1, 0.15) is 43.7 Å². The fourth-order valence-corrected chi connectivity index (χ4v) is 2.33. The molecule has 1 unspecified atom stereocenters. The maximum atomic E-state index is 5.60. The quantitative estimate of drug-likeness (QED) is 0.801. The normalized spacial score (nSPS) is 18.6. The maximum absolute atomic E-state index is 5.60. The van der Waals surface area contributed by atoms with Gasteiger partial charge in [-0.25, -0.2) is 0 Å². The lowest BCUT2D eigenvalue weighted by Crippen LogP contribution is -2.24. The van der Waals surface area contributed by atoms with Gasteiger partial charge >= 0.3 is 0 Å². The van der Waals surface area contributed by atoms with E-state index in [9.17, 15) is 0 Å². The van der Waals surface area contributed by atoms with E-state index >= 15 is 0 Å². The van der Waals surface area contributed by atoms with Crippen LogP contribution in [0.5, 0.6) is 0 Å². The van der Waals surface area contributed by atoms with Crippen molar-refractivity contribution >= 4 is 11.8 Å². The third-order valence-corrected chi connectivity index (χ3v) is 3.59. The Hall–Kier alpha value is -1.54. The topological polar surface area (TPSA) is 21.3 Å². The van der Waals surface area contributed by atoms with Crippen LogP contribution in [-0.2, 0) is 4.74 Å². The molecule has 20 heavy (non-hydrogen) atoms. The Morgan fingerprint density at radius 3 is 2.85 bits per heavy atom. The fourth-order valence-electron chi connectivity index (χ4n) is 2.33. The molecule has 0 spiro atoms. The van der Waals surface area contributed by atoms with Crippen molar-refractivity contribution in [3.05, 3.63) is 48.0 Å². The molecule has 1 aliphatic rings. The van der Waals surface area contributed by atoms with Crippen LogP contribution in [0.25, 0.3) is 11.8 Å². The third-order valence-electron chi connectivity index (χ3n) is 3.59. The minimum Gasteiger partial charge on any atom is -0.382 e. The number of benzene rings is 1. The Labute approximate surface area is 122 Å². The number of unbranched alkanes of at least 4 members (excludes halogenated alkanes) is 1. The number of allylic oxidation sites excluding steroid dienone is 1.